The minimum Gasteiger partial charge on any atom is -0.486 e. The molecule has 2 N–H and O–H groups in total. The number of rotatable bonds is 3. The molecule has 0 atom stereocenters. The van der Waals surface area contributed by atoms with Crippen molar-refractivity contribution in [1.82, 2.24) is 0 Å². The molecule has 0 radical (unpaired) electrons. The molecule has 24 heavy (non-hydrogen) atoms. The number of hydrogen-bond donors (Lipinski definition) is 2. The minimum atomic E-state index is -0.121. The molecule has 0 bridgehead atoms. The smallest absolute Gasteiger partial charge is 0.228 e. The highest BCUT2D eigenvalue weighted by atomic mass is 16.6. The van der Waals surface area contributed by atoms with Crippen LogP contribution < -0.4 is 20.1 Å². The van der Waals surface area contributed by atoms with Crippen molar-refractivity contribution in [3.63, 3.8) is 0 Å². The molecule has 2 aliphatic rings. The summed E-state index contributed by atoms with van der Waals surface area (Å²) in [5.74, 6) is 1.20. The SMILES string of the molecule is O=C(Cc1ccc2c(c1)CC(=O)N2)Nc1ccc2c(c1)OCCO2. The highest BCUT2D eigenvalue weighted by Gasteiger charge is 2.18. The van der Waals surface area contributed by atoms with E-state index in [4.69, 9.17) is 9.47 Å². The molecule has 0 saturated heterocycles. The van der Waals surface area contributed by atoms with E-state index in [0.29, 0.717) is 36.8 Å². The molecule has 122 valence electrons. The van der Waals surface area contributed by atoms with Gasteiger partial charge in [0.15, 0.2) is 11.5 Å². The van der Waals surface area contributed by atoms with Crippen LogP contribution in [-0.4, -0.2) is 25.0 Å². The van der Waals surface area contributed by atoms with E-state index in [-0.39, 0.29) is 18.2 Å². The lowest BCUT2D eigenvalue weighted by molar-refractivity contribution is -0.116. The van der Waals surface area contributed by atoms with Gasteiger partial charge < -0.3 is 20.1 Å². The first-order chi connectivity index (χ1) is 11.7. The number of nitrogens with one attached hydrogen (secondary N) is 2. The fourth-order valence-electron chi connectivity index (χ4n) is 2.90. The average Bonchev–Trinajstić information content (AvgIpc) is 2.94. The molecule has 2 aromatic carbocycles. The normalized spacial score (nSPS) is 14.8. The summed E-state index contributed by atoms with van der Waals surface area (Å²) in [6, 6.07) is 10.9. The lowest BCUT2D eigenvalue weighted by Gasteiger charge is -2.19. The first kappa shape index (κ1) is 14.6. The summed E-state index contributed by atoms with van der Waals surface area (Å²) >= 11 is 0. The van der Waals surface area contributed by atoms with E-state index >= 15 is 0 Å². The zero-order valence-electron chi connectivity index (χ0n) is 12.9. The predicted molar refractivity (Wildman–Crippen MR) is 88.5 cm³/mol. The van der Waals surface area contributed by atoms with Gasteiger partial charge in [0.05, 0.1) is 12.8 Å². The highest BCUT2D eigenvalue weighted by Crippen LogP contribution is 2.32. The molecule has 2 aromatic rings. The van der Waals surface area contributed by atoms with E-state index < -0.39 is 0 Å². The van der Waals surface area contributed by atoms with Crippen LogP contribution in [-0.2, 0) is 22.4 Å². The van der Waals surface area contributed by atoms with E-state index in [2.05, 4.69) is 10.6 Å². The second kappa shape index (κ2) is 5.88. The third kappa shape index (κ3) is 2.90. The number of ether oxygens (including phenoxy) is 2. The van der Waals surface area contributed by atoms with Gasteiger partial charge in [0.1, 0.15) is 13.2 Å². The molecule has 4 rings (SSSR count). The van der Waals surface area contributed by atoms with Gasteiger partial charge in [-0.05, 0) is 29.3 Å². The van der Waals surface area contributed by atoms with Crippen molar-refractivity contribution >= 4 is 23.2 Å². The number of carbonyl (C=O) groups excluding carboxylic acids is 2. The van der Waals surface area contributed by atoms with Crippen molar-refractivity contribution in [2.45, 2.75) is 12.8 Å². The molecule has 0 saturated carbocycles. The molecule has 2 aliphatic heterocycles. The molecule has 0 unspecified atom stereocenters. The standard InChI is InChI=1S/C18H16N2O4/c21-17(8-11-1-3-14-12(7-11)9-18(22)20-14)19-13-2-4-15-16(10-13)24-6-5-23-15/h1-4,7,10H,5-6,8-9H2,(H,19,21)(H,20,22). The van der Waals surface area contributed by atoms with Crippen molar-refractivity contribution in [3.8, 4) is 11.5 Å². The molecule has 6 nitrogen and oxygen atoms in total. The van der Waals surface area contributed by atoms with Gasteiger partial charge in [-0.3, -0.25) is 9.59 Å². The Hall–Kier alpha value is -3.02. The van der Waals surface area contributed by atoms with Crippen LogP contribution in [0.25, 0.3) is 0 Å². The Morgan fingerprint density at radius 3 is 2.79 bits per heavy atom. The van der Waals surface area contributed by atoms with Gasteiger partial charge in [-0.2, -0.15) is 0 Å². The summed E-state index contributed by atoms with van der Waals surface area (Å²) in [6.07, 6.45) is 0.614. The zero-order valence-corrected chi connectivity index (χ0v) is 12.9. The highest BCUT2D eigenvalue weighted by molar-refractivity contribution is 5.99. The second-order valence-electron chi connectivity index (χ2n) is 5.80. The van der Waals surface area contributed by atoms with Crippen molar-refractivity contribution in [1.29, 1.82) is 0 Å². The van der Waals surface area contributed by atoms with Crippen molar-refractivity contribution in [3.05, 3.63) is 47.5 Å². The molecule has 2 amide bonds. The Labute approximate surface area is 138 Å². The first-order valence-corrected chi connectivity index (χ1v) is 7.78. The Morgan fingerprint density at radius 2 is 1.92 bits per heavy atom. The minimum absolute atomic E-state index is 0.0112. The van der Waals surface area contributed by atoms with E-state index in [9.17, 15) is 9.59 Å². The molecule has 2 heterocycles. The summed E-state index contributed by atoms with van der Waals surface area (Å²) < 4.78 is 11.0. The zero-order chi connectivity index (χ0) is 16.5. The van der Waals surface area contributed by atoms with Gasteiger partial charge in [0.25, 0.3) is 0 Å². The Morgan fingerprint density at radius 1 is 1.08 bits per heavy atom. The van der Waals surface area contributed by atoms with Crippen LogP contribution >= 0.6 is 0 Å². The number of carbonyl (C=O) groups is 2. The predicted octanol–water partition coefficient (Wildman–Crippen LogP) is 2.13. The number of hydrogen-bond acceptors (Lipinski definition) is 4. The summed E-state index contributed by atoms with van der Waals surface area (Å²) in [4.78, 5) is 23.6. The van der Waals surface area contributed by atoms with Gasteiger partial charge in [-0.1, -0.05) is 12.1 Å². The Kier molecular flexibility index (Phi) is 3.57. The van der Waals surface area contributed by atoms with E-state index in [1.807, 2.05) is 18.2 Å². The molecule has 0 aromatic heterocycles. The van der Waals surface area contributed by atoms with Crippen LogP contribution in [0.2, 0.25) is 0 Å². The lowest BCUT2D eigenvalue weighted by Crippen LogP contribution is -2.17. The third-order valence-corrected chi connectivity index (χ3v) is 3.99. The summed E-state index contributed by atoms with van der Waals surface area (Å²) in [7, 11) is 0. The lowest BCUT2D eigenvalue weighted by atomic mass is 10.1. The van der Waals surface area contributed by atoms with E-state index in [1.54, 1.807) is 18.2 Å². The average molecular weight is 324 g/mol. The second-order valence-corrected chi connectivity index (χ2v) is 5.80. The Balaban J connectivity index is 1.44. The third-order valence-electron chi connectivity index (χ3n) is 3.99. The van der Waals surface area contributed by atoms with Gasteiger partial charge in [-0.25, -0.2) is 0 Å². The number of fused-ring (bicyclic) bond motifs is 2. The summed E-state index contributed by atoms with van der Waals surface area (Å²) in [5, 5.41) is 5.64. The monoisotopic (exact) mass is 324 g/mol. The quantitative estimate of drug-likeness (QED) is 0.907. The maximum absolute atomic E-state index is 12.2. The van der Waals surface area contributed by atoms with E-state index in [1.165, 1.54) is 0 Å². The van der Waals surface area contributed by atoms with Gasteiger partial charge >= 0.3 is 0 Å². The van der Waals surface area contributed by atoms with Gasteiger partial charge in [0, 0.05) is 17.4 Å². The molecule has 0 fully saturated rings. The molecule has 0 aliphatic carbocycles. The van der Waals surface area contributed by atoms with Gasteiger partial charge in [-0.15, -0.1) is 0 Å². The van der Waals surface area contributed by atoms with Crippen molar-refractivity contribution < 1.29 is 19.1 Å². The van der Waals surface area contributed by atoms with Crippen LogP contribution in [0.3, 0.4) is 0 Å². The Bertz CT molecular complexity index is 832. The van der Waals surface area contributed by atoms with E-state index in [0.717, 1.165) is 16.8 Å². The number of amides is 2. The van der Waals surface area contributed by atoms with Crippen LogP contribution in [0, 0.1) is 0 Å². The van der Waals surface area contributed by atoms with Crippen LogP contribution in [0.15, 0.2) is 36.4 Å². The fraction of sp³-hybridized carbons (Fsp3) is 0.222. The molecule has 0 spiro atoms. The van der Waals surface area contributed by atoms with Crippen molar-refractivity contribution in [2.75, 3.05) is 23.8 Å². The van der Waals surface area contributed by atoms with Crippen LogP contribution in [0.5, 0.6) is 11.5 Å². The molecule has 6 heteroatoms. The fourth-order valence-corrected chi connectivity index (χ4v) is 2.90. The van der Waals surface area contributed by atoms with Crippen LogP contribution in [0.4, 0.5) is 11.4 Å². The largest absolute Gasteiger partial charge is 0.486 e. The maximum atomic E-state index is 12.2. The maximum Gasteiger partial charge on any atom is 0.228 e. The first-order valence-electron chi connectivity index (χ1n) is 7.78. The number of anilines is 2. The van der Waals surface area contributed by atoms with Gasteiger partial charge in [0.2, 0.25) is 11.8 Å². The van der Waals surface area contributed by atoms with Crippen LogP contribution in [0.1, 0.15) is 11.1 Å². The molecular formula is C18H16N2O4. The van der Waals surface area contributed by atoms with Crippen molar-refractivity contribution in [2.24, 2.45) is 0 Å². The summed E-state index contributed by atoms with van der Waals surface area (Å²) in [6.45, 7) is 1.04. The number of benzene rings is 2. The topological polar surface area (TPSA) is 76.7 Å². The molecular weight excluding hydrogens is 308 g/mol. The summed E-state index contributed by atoms with van der Waals surface area (Å²) in [5.41, 5.74) is 3.31.